The Morgan fingerprint density at radius 3 is 2.44 bits per heavy atom. The van der Waals surface area contributed by atoms with Crippen LogP contribution >= 0.6 is 0 Å². The Hall–Kier alpha value is -1.92. The second-order valence-corrected chi connectivity index (χ2v) is 3.76. The number of carbonyl (C=O) groups is 2. The second-order valence-electron chi connectivity index (χ2n) is 3.76. The average molecular weight is 252 g/mol. The third-order valence-electron chi connectivity index (χ3n) is 2.39. The number of carbonyl (C=O) groups excluding carboxylic acids is 2. The monoisotopic (exact) mass is 252 g/mol. The molecule has 0 bridgehead atoms. The molecule has 0 spiro atoms. The molecule has 0 heterocycles. The van der Waals surface area contributed by atoms with Gasteiger partial charge in [-0.1, -0.05) is 30.3 Å². The molecular weight excluding hydrogens is 236 g/mol. The summed E-state index contributed by atoms with van der Waals surface area (Å²) in [7, 11) is 0. The van der Waals surface area contributed by atoms with Crippen molar-refractivity contribution in [3.8, 4) is 0 Å². The van der Waals surface area contributed by atoms with Crippen molar-refractivity contribution in [2.45, 2.75) is 18.9 Å². The normalized spacial score (nSPS) is 11.7. The standard InChI is InChI=1S/C12H16N2O4/c15-10(12(17)14-18)11(16)13-8-4-7-9-5-2-1-3-6-9/h1-3,5-6,10,15,18H,4,7-8H2,(H,13,16)(H,14,17)/t10-/m0/s1. The molecule has 0 radical (unpaired) electrons. The van der Waals surface area contributed by atoms with E-state index in [0.29, 0.717) is 13.0 Å². The highest BCUT2D eigenvalue weighted by Gasteiger charge is 2.22. The number of hydroxylamine groups is 1. The lowest BCUT2D eigenvalue weighted by Gasteiger charge is -2.09. The summed E-state index contributed by atoms with van der Waals surface area (Å²) in [6.45, 7) is 0.351. The van der Waals surface area contributed by atoms with Gasteiger partial charge in [-0.2, -0.15) is 0 Å². The summed E-state index contributed by atoms with van der Waals surface area (Å²) in [4.78, 5) is 22.0. The molecule has 0 aliphatic rings. The number of hydrogen-bond acceptors (Lipinski definition) is 4. The van der Waals surface area contributed by atoms with Crippen LogP contribution in [0.5, 0.6) is 0 Å². The third kappa shape index (κ3) is 4.52. The van der Waals surface area contributed by atoms with Crippen LogP contribution < -0.4 is 10.8 Å². The van der Waals surface area contributed by atoms with Gasteiger partial charge in [0, 0.05) is 6.54 Å². The molecule has 0 saturated carbocycles. The van der Waals surface area contributed by atoms with Crippen LogP contribution in [0.2, 0.25) is 0 Å². The predicted molar refractivity (Wildman–Crippen MR) is 63.7 cm³/mol. The van der Waals surface area contributed by atoms with Gasteiger partial charge in [0.25, 0.3) is 11.8 Å². The van der Waals surface area contributed by atoms with E-state index >= 15 is 0 Å². The fourth-order valence-electron chi connectivity index (χ4n) is 1.43. The molecule has 0 aliphatic carbocycles. The fraction of sp³-hybridized carbons (Fsp3) is 0.333. The molecule has 0 fully saturated rings. The first-order chi connectivity index (χ1) is 8.65. The molecule has 0 aliphatic heterocycles. The predicted octanol–water partition coefficient (Wildman–Crippen LogP) is -0.398. The van der Waals surface area contributed by atoms with E-state index in [1.165, 1.54) is 5.48 Å². The average Bonchev–Trinajstić information content (AvgIpc) is 2.42. The van der Waals surface area contributed by atoms with E-state index in [2.05, 4.69) is 5.32 Å². The van der Waals surface area contributed by atoms with Crippen molar-refractivity contribution in [3.05, 3.63) is 35.9 Å². The molecule has 0 saturated heterocycles. The van der Waals surface area contributed by atoms with Crippen LogP contribution in [0, 0.1) is 0 Å². The lowest BCUT2D eigenvalue weighted by atomic mass is 10.1. The Balaban J connectivity index is 2.22. The van der Waals surface area contributed by atoms with Crippen molar-refractivity contribution in [2.24, 2.45) is 0 Å². The molecule has 18 heavy (non-hydrogen) atoms. The highest BCUT2D eigenvalue weighted by atomic mass is 16.5. The minimum absolute atomic E-state index is 0.351. The van der Waals surface area contributed by atoms with E-state index in [-0.39, 0.29) is 0 Å². The fourth-order valence-corrected chi connectivity index (χ4v) is 1.43. The Morgan fingerprint density at radius 2 is 1.83 bits per heavy atom. The van der Waals surface area contributed by atoms with Gasteiger partial charge in [-0.25, -0.2) is 5.48 Å². The Labute approximate surface area is 105 Å². The molecule has 0 aromatic heterocycles. The van der Waals surface area contributed by atoms with Crippen LogP contribution in [0.3, 0.4) is 0 Å². The van der Waals surface area contributed by atoms with E-state index in [0.717, 1.165) is 12.0 Å². The number of rotatable bonds is 6. The zero-order valence-corrected chi connectivity index (χ0v) is 9.80. The van der Waals surface area contributed by atoms with Gasteiger partial charge in [0.2, 0.25) is 6.10 Å². The smallest absolute Gasteiger partial charge is 0.281 e. The SMILES string of the molecule is O=C(NO)[C@@H](O)C(=O)NCCCc1ccccc1. The molecule has 6 heteroatoms. The number of aliphatic hydroxyl groups is 1. The van der Waals surface area contributed by atoms with Gasteiger partial charge < -0.3 is 10.4 Å². The Morgan fingerprint density at radius 1 is 1.17 bits per heavy atom. The van der Waals surface area contributed by atoms with Crippen LogP contribution in [-0.4, -0.2) is 34.8 Å². The summed E-state index contributed by atoms with van der Waals surface area (Å²) < 4.78 is 0. The highest BCUT2D eigenvalue weighted by molar-refractivity contribution is 6.02. The van der Waals surface area contributed by atoms with E-state index in [9.17, 15) is 9.59 Å². The van der Waals surface area contributed by atoms with Gasteiger partial charge in [-0.3, -0.25) is 14.8 Å². The van der Waals surface area contributed by atoms with E-state index < -0.39 is 17.9 Å². The van der Waals surface area contributed by atoms with Gasteiger partial charge >= 0.3 is 0 Å². The van der Waals surface area contributed by atoms with Crippen molar-refractivity contribution in [1.29, 1.82) is 0 Å². The van der Waals surface area contributed by atoms with Crippen molar-refractivity contribution < 1.29 is 19.9 Å². The first kappa shape index (κ1) is 14.1. The maximum atomic E-state index is 11.2. The minimum atomic E-state index is -1.88. The summed E-state index contributed by atoms with van der Waals surface area (Å²) in [5.74, 6) is -1.97. The summed E-state index contributed by atoms with van der Waals surface area (Å²) in [6, 6.07) is 9.76. The lowest BCUT2D eigenvalue weighted by molar-refractivity contribution is -0.146. The molecule has 4 N–H and O–H groups in total. The maximum Gasteiger partial charge on any atom is 0.281 e. The zero-order chi connectivity index (χ0) is 13.4. The van der Waals surface area contributed by atoms with Crippen molar-refractivity contribution >= 4 is 11.8 Å². The van der Waals surface area contributed by atoms with E-state index in [1.54, 1.807) is 0 Å². The molecule has 1 aromatic carbocycles. The van der Waals surface area contributed by atoms with Gasteiger partial charge in [0.15, 0.2) is 0 Å². The van der Waals surface area contributed by atoms with Crippen LogP contribution in [0.25, 0.3) is 0 Å². The lowest BCUT2D eigenvalue weighted by Crippen LogP contribution is -2.44. The van der Waals surface area contributed by atoms with Crippen molar-refractivity contribution in [1.82, 2.24) is 10.8 Å². The van der Waals surface area contributed by atoms with Crippen LogP contribution in [0.15, 0.2) is 30.3 Å². The quantitative estimate of drug-likeness (QED) is 0.240. The van der Waals surface area contributed by atoms with Crippen LogP contribution in [0.4, 0.5) is 0 Å². The summed E-state index contributed by atoms with van der Waals surface area (Å²) in [6.07, 6.45) is -0.390. The van der Waals surface area contributed by atoms with Crippen molar-refractivity contribution in [3.63, 3.8) is 0 Å². The molecule has 1 atom stereocenters. The summed E-state index contributed by atoms with van der Waals surface area (Å²) in [5, 5.41) is 19.8. The molecule has 2 amide bonds. The topological polar surface area (TPSA) is 98.7 Å². The molecular formula is C12H16N2O4. The largest absolute Gasteiger partial charge is 0.375 e. The summed E-state index contributed by atoms with van der Waals surface area (Å²) >= 11 is 0. The van der Waals surface area contributed by atoms with Crippen LogP contribution in [-0.2, 0) is 16.0 Å². The van der Waals surface area contributed by atoms with E-state index in [4.69, 9.17) is 10.3 Å². The minimum Gasteiger partial charge on any atom is -0.375 e. The van der Waals surface area contributed by atoms with E-state index in [1.807, 2.05) is 30.3 Å². The number of benzene rings is 1. The number of aryl methyl sites for hydroxylation is 1. The Bertz CT molecular complexity index is 394. The first-order valence-corrected chi connectivity index (χ1v) is 5.59. The highest BCUT2D eigenvalue weighted by Crippen LogP contribution is 2.01. The maximum absolute atomic E-state index is 11.2. The number of hydrogen-bond donors (Lipinski definition) is 4. The molecule has 6 nitrogen and oxygen atoms in total. The second kappa shape index (κ2) is 7.41. The van der Waals surface area contributed by atoms with Crippen molar-refractivity contribution in [2.75, 3.05) is 6.54 Å². The van der Waals surface area contributed by atoms with Gasteiger partial charge in [-0.15, -0.1) is 0 Å². The van der Waals surface area contributed by atoms with Gasteiger partial charge in [0.1, 0.15) is 0 Å². The van der Waals surface area contributed by atoms with Gasteiger partial charge in [0.05, 0.1) is 0 Å². The Kier molecular flexibility index (Phi) is 5.83. The molecule has 0 unspecified atom stereocenters. The third-order valence-corrected chi connectivity index (χ3v) is 2.39. The number of amides is 2. The summed E-state index contributed by atoms with van der Waals surface area (Å²) in [5.41, 5.74) is 2.37. The number of nitrogens with one attached hydrogen (secondary N) is 2. The zero-order valence-electron chi connectivity index (χ0n) is 9.80. The number of aliphatic hydroxyl groups excluding tert-OH is 1. The molecule has 1 rings (SSSR count). The molecule has 98 valence electrons. The van der Waals surface area contributed by atoms with Gasteiger partial charge in [-0.05, 0) is 18.4 Å². The molecule has 1 aromatic rings. The van der Waals surface area contributed by atoms with Crippen LogP contribution in [0.1, 0.15) is 12.0 Å². The first-order valence-electron chi connectivity index (χ1n) is 5.59.